The molecule has 0 radical (unpaired) electrons. The lowest BCUT2D eigenvalue weighted by atomic mass is 9.97. The maximum Gasteiger partial charge on any atom is 0.193 e. The van der Waals surface area contributed by atoms with Crippen molar-refractivity contribution in [3.63, 3.8) is 0 Å². The molecule has 0 aliphatic heterocycles. The molecule has 0 aliphatic carbocycles. The molecule has 27 heavy (non-hydrogen) atoms. The molecular formula is C25H26O2. The summed E-state index contributed by atoms with van der Waals surface area (Å²) in [5, 5.41) is 0.658. The minimum Gasteiger partial charge on any atom is -0.456 e. The number of rotatable bonds is 7. The van der Waals surface area contributed by atoms with Gasteiger partial charge in [-0.1, -0.05) is 47.5 Å². The molecule has 2 nitrogen and oxygen atoms in total. The molecular weight excluding hydrogens is 332 g/mol. The molecule has 0 saturated heterocycles. The third kappa shape index (κ3) is 4.65. The summed E-state index contributed by atoms with van der Waals surface area (Å²) in [6.07, 6.45) is 3.48. The normalized spacial score (nSPS) is 10.9. The van der Waals surface area contributed by atoms with Crippen LogP contribution >= 0.6 is 0 Å². The van der Waals surface area contributed by atoms with Gasteiger partial charge in [0.2, 0.25) is 0 Å². The molecule has 0 amide bonds. The Labute approximate surface area is 160 Å². The van der Waals surface area contributed by atoms with E-state index < -0.39 is 0 Å². The molecule has 0 saturated carbocycles. The standard InChI is InChI=1S/C25H26O2/c1-17(2)10-12-19-14-21(13-11-18(3)4)25-22(15-19)23(26)16-24(27-25)20-8-6-5-7-9-20/h5-9,14-16H,1,3,10-13H2,2,4H3. The fourth-order valence-electron chi connectivity index (χ4n) is 3.18. The smallest absolute Gasteiger partial charge is 0.193 e. The van der Waals surface area contributed by atoms with Gasteiger partial charge in [0.1, 0.15) is 11.3 Å². The molecule has 0 fully saturated rings. The van der Waals surface area contributed by atoms with Gasteiger partial charge in [-0.25, -0.2) is 0 Å². The summed E-state index contributed by atoms with van der Waals surface area (Å²) in [7, 11) is 0. The van der Waals surface area contributed by atoms with E-state index in [9.17, 15) is 4.79 Å². The Kier molecular flexibility index (Phi) is 5.75. The van der Waals surface area contributed by atoms with Gasteiger partial charge >= 0.3 is 0 Å². The first-order valence-corrected chi connectivity index (χ1v) is 9.38. The molecule has 138 valence electrons. The maximum atomic E-state index is 12.9. The maximum absolute atomic E-state index is 12.9. The largest absolute Gasteiger partial charge is 0.456 e. The van der Waals surface area contributed by atoms with Crippen LogP contribution in [-0.4, -0.2) is 0 Å². The van der Waals surface area contributed by atoms with Crippen molar-refractivity contribution in [2.45, 2.75) is 39.5 Å². The van der Waals surface area contributed by atoms with Crippen LogP contribution in [-0.2, 0) is 12.8 Å². The van der Waals surface area contributed by atoms with Gasteiger partial charge in [-0.3, -0.25) is 4.79 Å². The highest BCUT2D eigenvalue weighted by molar-refractivity contribution is 5.82. The summed E-state index contributed by atoms with van der Waals surface area (Å²) in [6, 6.07) is 15.5. The highest BCUT2D eigenvalue weighted by Gasteiger charge is 2.13. The highest BCUT2D eigenvalue weighted by Crippen LogP contribution is 2.27. The minimum atomic E-state index is 0.00357. The summed E-state index contributed by atoms with van der Waals surface area (Å²) in [6.45, 7) is 12.1. The van der Waals surface area contributed by atoms with Gasteiger partial charge in [0.25, 0.3) is 0 Å². The van der Waals surface area contributed by atoms with Crippen molar-refractivity contribution in [1.29, 1.82) is 0 Å². The van der Waals surface area contributed by atoms with E-state index in [1.54, 1.807) is 6.07 Å². The Bertz CT molecular complexity index is 1040. The third-order valence-electron chi connectivity index (χ3n) is 4.69. The number of benzene rings is 2. The van der Waals surface area contributed by atoms with E-state index in [2.05, 4.69) is 19.2 Å². The van der Waals surface area contributed by atoms with Crippen LogP contribution in [0.4, 0.5) is 0 Å². The van der Waals surface area contributed by atoms with Crippen LogP contribution in [0.25, 0.3) is 22.3 Å². The van der Waals surface area contributed by atoms with Crippen molar-refractivity contribution in [1.82, 2.24) is 0 Å². The van der Waals surface area contributed by atoms with Crippen molar-refractivity contribution < 1.29 is 4.42 Å². The predicted octanol–water partition coefficient (Wildman–Crippen LogP) is 6.48. The topological polar surface area (TPSA) is 30.2 Å². The zero-order chi connectivity index (χ0) is 19.4. The fraction of sp³-hybridized carbons (Fsp3) is 0.240. The number of fused-ring (bicyclic) bond motifs is 1. The van der Waals surface area contributed by atoms with E-state index in [0.29, 0.717) is 16.7 Å². The molecule has 0 unspecified atom stereocenters. The van der Waals surface area contributed by atoms with E-state index >= 15 is 0 Å². The van der Waals surface area contributed by atoms with E-state index in [0.717, 1.165) is 53.5 Å². The Morgan fingerprint density at radius 3 is 2.26 bits per heavy atom. The van der Waals surface area contributed by atoms with Gasteiger partial charge < -0.3 is 4.42 Å². The summed E-state index contributed by atoms with van der Waals surface area (Å²) < 4.78 is 6.23. The lowest BCUT2D eigenvalue weighted by Gasteiger charge is -2.11. The number of allylic oxidation sites excluding steroid dienone is 2. The first-order valence-electron chi connectivity index (χ1n) is 9.38. The first-order chi connectivity index (χ1) is 12.9. The van der Waals surface area contributed by atoms with Gasteiger partial charge in [0.05, 0.1) is 5.39 Å². The lowest BCUT2D eigenvalue weighted by molar-refractivity contribution is 0.612. The first kappa shape index (κ1) is 18.9. The summed E-state index contributed by atoms with van der Waals surface area (Å²) in [4.78, 5) is 12.9. The quantitative estimate of drug-likeness (QED) is 0.453. The van der Waals surface area contributed by atoms with E-state index in [1.807, 2.05) is 50.2 Å². The van der Waals surface area contributed by atoms with Crippen LogP contribution in [0.2, 0.25) is 0 Å². The van der Waals surface area contributed by atoms with Crippen LogP contribution in [0.15, 0.2) is 82.0 Å². The highest BCUT2D eigenvalue weighted by atomic mass is 16.3. The van der Waals surface area contributed by atoms with Crippen LogP contribution in [0.3, 0.4) is 0 Å². The van der Waals surface area contributed by atoms with E-state index in [-0.39, 0.29) is 5.43 Å². The zero-order valence-corrected chi connectivity index (χ0v) is 16.2. The number of aryl methyl sites for hydroxylation is 2. The average molecular weight is 358 g/mol. The molecule has 3 rings (SSSR count). The van der Waals surface area contributed by atoms with Crippen LogP contribution in [0.5, 0.6) is 0 Å². The van der Waals surface area contributed by atoms with Gasteiger partial charge in [0.15, 0.2) is 5.43 Å². The van der Waals surface area contributed by atoms with Gasteiger partial charge in [-0.15, -0.1) is 13.2 Å². The molecule has 1 heterocycles. The summed E-state index contributed by atoms with van der Waals surface area (Å²) >= 11 is 0. The Morgan fingerprint density at radius 2 is 1.59 bits per heavy atom. The SMILES string of the molecule is C=C(C)CCc1cc(CCC(=C)C)c2oc(-c3ccccc3)cc(=O)c2c1. The molecule has 0 N–H and O–H groups in total. The van der Waals surface area contributed by atoms with Crippen molar-refractivity contribution in [2.24, 2.45) is 0 Å². The second kappa shape index (κ2) is 8.22. The Balaban J connectivity index is 2.14. The number of hydrogen-bond acceptors (Lipinski definition) is 2. The van der Waals surface area contributed by atoms with Crippen LogP contribution < -0.4 is 5.43 Å². The van der Waals surface area contributed by atoms with Crippen molar-refractivity contribution in [2.75, 3.05) is 0 Å². The third-order valence-corrected chi connectivity index (χ3v) is 4.69. The van der Waals surface area contributed by atoms with E-state index in [4.69, 9.17) is 4.42 Å². The van der Waals surface area contributed by atoms with Crippen molar-refractivity contribution >= 4 is 11.0 Å². The molecule has 2 aromatic carbocycles. The van der Waals surface area contributed by atoms with Gasteiger partial charge in [-0.05, 0) is 56.7 Å². The summed E-state index contributed by atoms with van der Waals surface area (Å²) in [5.74, 6) is 0.611. The zero-order valence-electron chi connectivity index (χ0n) is 16.2. The predicted molar refractivity (Wildman–Crippen MR) is 114 cm³/mol. The Hall–Kier alpha value is -2.87. The molecule has 0 atom stereocenters. The second-order valence-corrected chi connectivity index (χ2v) is 7.39. The van der Waals surface area contributed by atoms with Crippen LogP contribution in [0, 0.1) is 0 Å². The average Bonchev–Trinajstić information content (AvgIpc) is 2.65. The van der Waals surface area contributed by atoms with Crippen LogP contribution in [0.1, 0.15) is 37.8 Å². The molecule has 2 heteroatoms. The minimum absolute atomic E-state index is 0.00357. The molecule has 0 spiro atoms. The number of hydrogen-bond donors (Lipinski definition) is 0. The lowest BCUT2D eigenvalue weighted by Crippen LogP contribution is -2.04. The second-order valence-electron chi connectivity index (χ2n) is 7.39. The van der Waals surface area contributed by atoms with Crippen molar-refractivity contribution in [3.8, 4) is 11.3 Å². The van der Waals surface area contributed by atoms with Gasteiger partial charge in [-0.2, -0.15) is 0 Å². The molecule has 0 bridgehead atoms. The Morgan fingerprint density at radius 1 is 0.926 bits per heavy atom. The van der Waals surface area contributed by atoms with Gasteiger partial charge in [0, 0.05) is 11.6 Å². The van der Waals surface area contributed by atoms with Crippen molar-refractivity contribution in [3.05, 3.63) is 94.2 Å². The monoisotopic (exact) mass is 358 g/mol. The summed E-state index contributed by atoms with van der Waals surface area (Å²) in [5.41, 5.74) is 6.10. The molecule has 0 aliphatic rings. The fourth-order valence-corrected chi connectivity index (χ4v) is 3.18. The van der Waals surface area contributed by atoms with E-state index in [1.165, 1.54) is 0 Å². The molecule has 1 aromatic heterocycles. The molecule has 3 aromatic rings.